The molecule has 1 saturated carbocycles. The molecule has 2 aromatic heterocycles. The molecule has 14 heteroatoms. The van der Waals surface area contributed by atoms with E-state index in [1.807, 2.05) is 13.8 Å². The SMILES string of the molecule is Cc1ncnc2c1ncn2[C@@H]1O[C@H]([C@H](C)OP(=O)(N[C@H](C(=O)OC2CCCCC2)C(C)C)Oc2ccccc2)[C@@H](O)[C@H]1O. The van der Waals surface area contributed by atoms with Crippen LogP contribution < -0.4 is 9.61 Å². The molecule has 1 aliphatic carbocycles. The van der Waals surface area contributed by atoms with Gasteiger partial charge in [-0.1, -0.05) is 38.5 Å². The molecule has 0 spiro atoms. The van der Waals surface area contributed by atoms with Crippen LogP contribution in [-0.4, -0.2) is 72.3 Å². The maximum atomic E-state index is 14.4. The lowest BCUT2D eigenvalue weighted by molar-refractivity contribution is -0.154. The molecule has 0 radical (unpaired) electrons. The summed E-state index contributed by atoms with van der Waals surface area (Å²) in [5, 5.41) is 24.8. The van der Waals surface area contributed by atoms with Crippen molar-refractivity contribution in [1.29, 1.82) is 0 Å². The summed E-state index contributed by atoms with van der Waals surface area (Å²) in [6, 6.07) is 7.43. The van der Waals surface area contributed by atoms with Crippen molar-refractivity contribution >= 4 is 24.9 Å². The number of aromatic nitrogens is 4. The Labute approximate surface area is 250 Å². The van der Waals surface area contributed by atoms with Crippen LogP contribution in [-0.2, 0) is 23.4 Å². The fourth-order valence-electron chi connectivity index (χ4n) is 5.50. The fourth-order valence-corrected chi connectivity index (χ4v) is 7.36. The molecule has 0 bridgehead atoms. The minimum Gasteiger partial charge on any atom is -0.461 e. The number of fused-ring (bicyclic) bond motifs is 1. The molecule has 5 rings (SSSR count). The smallest absolute Gasteiger partial charge is 0.459 e. The standard InChI is InChI=1S/C29H40N5O8P/c1-17(2)22(29(37)39-20-11-7-5-8-12-20)33-43(38,42-21-13-9-6-10-14-21)41-19(4)26-24(35)25(36)28(40-26)34-16-32-23-18(3)30-15-31-27(23)34/h6,9-10,13-17,19-20,22,24-26,28,35-36H,5,7-8,11-12H2,1-4H3,(H,33,38)/t19-,22-,24-,25+,26+,28+,43?/m0/s1. The van der Waals surface area contributed by atoms with Crippen LogP contribution in [0.15, 0.2) is 43.0 Å². The summed E-state index contributed by atoms with van der Waals surface area (Å²) in [7, 11) is -4.30. The van der Waals surface area contributed by atoms with Crippen molar-refractivity contribution in [2.75, 3.05) is 0 Å². The van der Waals surface area contributed by atoms with E-state index in [1.165, 1.54) is 17.2 Å². The molecular weight excluding hydrogens is 577 g/mol. The lowest BCUT2D eigenvalue weighted by Crippen LogP contribution is -2.45. The summed E-state index contributed by atoms with van der Waals surface area (Å²) in [4.78, 5) is 26.0. The predicted molar refractivity (Wildman–Crippen MR) is 156 cm³/mol. The van der Waals surface area contributed by atoms with Crippen molar-refractivity contribution in [2.45, 2.75) is 103 Å². The summed E-state index contributed by atoms with van der Waals surface area (Å²) in [5.74, 6) is -0.603. The maximum absolute atomic E-state index is 14.4. The quantitative estimate of drug-likeness (QED) is 0.210. The van der Waals surface area contributed by atoms with Crippen molar-refractivity contribution in [2.24, 2.45) is 5.92 Å². The molecule has 43 heavy (non-hydrogen) atoms. The summed E-state index contributed by atoms with van der Waals surface area (Å²) < 4.78 is 39.6. The van der Waals surface area contributed by atoms with Crippen molar-refractivity contribution in [3.05, 3.63) is 48.7 Å². The van der Waals surface area contributed by atoms with Gasteiger partial charge in [0, 0.05) is 0 Å². The van der Waals surface area contributed by atoms with Gasteiger partial charge in [-0.05, 0) is 57.6 Å². The number of benzene rings is 1. The first-order valence-electron chi connectivity index (χ1n) is 14.7. The van der Waals surface area contributed by atoms with Gasteiger partial charge in [0.05, 0.1) is 18.1 Å². The molecule has 1 aliphatic heterocycles. The number of aliphatic hydroxyl groups is 2. The van der Waals surface area contributed by atoms with Gasteiger partial charge in [-0.2, -0.15) is 5.09 Å². The van der Waals surface area contributed by atoms with Gasteiger partial charge in [-0.15, -0.1) is 0 Å². The summed E-state index contributed by atoms with van der Waals surface area (Å²) >= 11 is 0. The molecule has 1 aromatic carbocycles. The van der Waals surface area contributed by atoms with Gasteiger partial charge in [0.15, 0.2) is 11.9 Å². The van der Waals surface area contributed by atoms with Crippen molar-refractivity contribution in [3.63, 3.8) is 0 Å². The molecule has 2 fully saturated rings. The number of imidazole rings is 1. The Kier molecular flexibility index (Phi) is 9.79. The van der Waals surface area contributed by atoms with Crippen molar-refractivity contribution in [3.8, 4) is 5.75 Å². The third-order valence-corrected chi connectivity index (χ3v) is 9.54. The van der Waals surface area contributed by atoms with Gasteiger partial charge in [-0.3, -0.25) is 13.9 Å². The first-order valence-corrected chi connectivity index (χ1v) is 16.3. The molecule has 13 nitrogen and oxygen atoms in total. The molecule has 3 N–H and O–H groups in total. The lowest BCUT2D eigenvalue weighted by Gasteiger charge is -2.31. The monoisotopic (exact) mass is 617 g/mol. The normalized spacial score (nSPS) is 25.8. The third-order valence-electron chi connectivity index (χ3n) is 7.88. The zero-order chi connectivity index (χ0) is 30.7. The van der Waals surface area contributed by atoms with Gasteiger partial charge in [-0.25, -0.2) is 19.5 Å². The number of rotatable bonds is 11. The summed E-state index contributed by atoms with van der Waals surface area (Å²) in [6.45, 7) is 6.95. The molecular formula is C29H40N5O8P. The zero-order valence-electron chi connectivity index (χ0n) is 24.8. The second-order valence-electron chi connectivity index (χ2n) is 11.5. The summed E-state index contributed by atoms with van der Waals surface area (Å²) in [6.07, 6.45) is 1.30. The Bertz CT molecular complexity index is 1430. The van der Waals surface area contributed by atoms with E-state index in [-0.39, 0.29) is 17.8 Å². The minimum atomic E-state index is -4.30. The maximum Gasteiger partial charge on any atom is 0.459 e. The Morgan fingerprint density at radius 1 is 1.07 bits per heavy atom. The molecule has 2 aliphatic rings. The van der Waals surface area contributed by atoms with Crippen molar-refractivity contribution < 1.29 is 38.1 Å². The van der Waals surface area contributed by atoms with Crippen LogP contribution in [0.4, 0.5) is 0 Å². The van der Waals surface area contributed by atoms with E-state index < -0.39 is 50.4 Å². The predicted octanol–water partition coefficient (Wildman–Crippen LogP) is 3.84. The average Bonchev–Trinajstić information content (AvgIpc) is 3.54. The highest BCUT2D eigenvalue weighted by Gasteiger charge is 2.49. The van der Waals surface area contributed by atoms with E-state index >= 15 is 0 Å². The molecule has 0 amide bonds. The van der Waals surface area contributed by atoms with E-state index in [1.54, 1.807) is 44.2 Å². The van der Waals surface area contributed by atoms with Crippen LogP contribution in [0.3, 0.4) is 0 Å². The van der Waals surface area contributed by atoms with E-state index in [0.717, 1.165) is 32.1 Å². The van der Waals surface area contributed by atoms with Crippen LogP contribution in [0.2, 0.25) is 0 Å². The van der Waals surface area contributed by atoms with Gasteiger partial charge < -0.3 is 24.2 Å². The number of esters is 1. The lowest BCUT2D eigenvalue weighted by atomic mass is 9.97. The zero-order valence-corrected chi connectivity index (χ0v) is 25.7. The van der Waals surface area contributed by atoms with Gasteiger partial charge in [0.25, 0.3) is 0 Å². The van der Waals surface area contributed by atoms with Crippen LogP contribution in [0.25, 0.3) is 11.2 Å². The number of carbonyl (C=O) groups excluding carboxylic acids is 1. The number of carbonyl (C=O) groups is 1. The number of aliphatic hydroxyl groups excluding tert-OH is 2. The molecule has 234 valence electrons. The highest BCUT2D eigenvalue weighted by atomic mass is 31.2. The van der Waals surface area contributed by atoms with Crippen molar-refractivity contribution in [1.82, 2.24) is 24.6 Å². The highest BCUT2D eigenvalue weighted by molar-refractivity contribution is 7.52. The molecule has 3 heterocycles. The fraction of sp³-hybridized carbons (Fsp3) is 0.586. The second-order valence-corrected chi connectivity index (χ2v) is 13.2. The van der Waals surface area contributed by atoms with Gasteiger partial charge in [0.2, 0.25) is 0 Å². The average molecular weight is 618 g/mol. The number of ether oxygens (including phenoxy) is 2. The largest absolute Gasteiger partial charge is 0.461 e. The topological polar surface area (TPSA) is 167 Å². The Morgan fingerprint density at radius 3 is 2.49 bits per heavy atom. The van der Waals surface area contributed by atoms with Gasteiger partial charge in [0.1, 0.15) is 48.1 Å². The van der Waals surface area contributed by atoms with Gasteiger partial charge >= 0.3 is 13.7 Å². The van der Waals surface area contributed by atoms with E-state index in [0.29, 0.717) is 16.9 Å². The summed E-state index contributed by atoms with van der Waals surface area (Å²) in [5.41, 5.74) is 1.61. The number of nitrogens with zero attached hydrogens (tertiary/aromatic N) is 4. The number of aryl methyl sites for hydroxylation is 1. The van der Waals surface area contributed by atoms with Crippen LogP contribution in [0.5, 0.6) is 5.75 Å². The minimum absolute atomic E-state index is 0.188. The van der Waals surface area contributed by atoms with E-state index in [4.69, 9.17) is 18.5 Å². The van der Waals surface area contributed by atoms with Crippen LogP contribution in [0, 0.1) is 12.8 Å². The molecule has 3 aromatic rings. The first kappa shape index (κ1) is 31.5. The Balaban J connectivity index is 1.36. The third kappa shape index (κ3) is 7.08. The van der Waals surface area contributed by atoms with E-state index in [2.05, 4.69) is 20.0 Å². The van der Waals surface area contributed by atoms with Crippen LogP contribution >= 0.6 is 7.75 Å². The number of para-hydroxylation sites is 1. The molecule has 1 unspecified atom stereocenters. The number of hydrogen-bond donors (Lipinski definition) is 3. The Morgan fingerprint density at radius 2 is 1.79 bits per heavy atom. The molecule has 7 atom stereocenters. The van der Waals surface area contributed by atoms with Crippen LogP contribution in [0.1, 0.15) is 64.8 Å². The van der Waals surface area contributed by atoms with E-state index in [9.17, 15) is 19.6 Å². The highest BCUT2D eigenvalue weighted by Crippen LogP contribution is 2.48. The number of hydrogen-bond acceptors (Lipinski definition) is 11. The second kappa shape index (κ2) is 13.4. The Hall–Kier alpha value is -2.93. The first-order chi connectivity index (χ1) is 20.6. The molecule has 1 saturated heterocycles. The number of nitrogens with one attached hydrogen (secondary N) is 1.